The second kappa shape index (κ2) is 9.83. The molecule has 0 saturated carbocycles. The van der Waals surface area contributed by atoms with Crippen molar-refractivity contribution in [2.75, 3.05) is 23.9 Å². The highest BCUT2D eigenvalue weighted by molar-refractivity contribution is 6.06. The standard InChI is InChI=1S/C25H22N6O3/c1-17-4-8-20(9-5-17)30(13-3-12-26)24(32)19-7-11-23-28-15-21(31(23)16-19)18-6-10-22(27-14-18)29-25(33)34-2/h4-11,14-16H,3,13H2,1-2H3,(H,27,29,33). The van der Waals surface area contributed by atoms with Crippen molar-refractivity contribution in [2.24, 2.45) is 0 Å². The van der Waals surface area contributed by atoms with Gasteiger partial charge >= 0.3 is 6.09 Å². The number of benzene rings is 1. The number of nitrogens with zero attached hydrogens (tertiary/aromatic N) is 5. The quantitative estimate of drug-likeness (QED) is 0.461. The number of carbonyl (C=O) groups is 2. The van der Waals surface area contributed by atoms with Crippen molar-refractivity contribution in [3.8, 4) is 17.3 Å². The van der Waals surface area contributed by atoms with Gasteiger partial charge in [0, 0.05) is 30.2 Å². The average molecular weight is 454 g/mol. The van der Waals surface area contributed by atoms with E-state index in [1.807, 2.05) is 35.6 Å². The molecular weight excluding hydrogens is 432 g/mol. The lowest BCUT2D eigenvalue weighted by molar-refractivity contribution is 0.0987. The molecule has 3 heterocycles. The molecule has 170 valence electrons. The van der Waals surface area contributed by atoms with E-state index in [2.05, 4.69) is 26.1 Å². The molecule has 3 aromatic heterocycles. The van der Waals surface area contributed by atoms with Gasteiger partial charge in [-0.2, -0.15) is 5.26 Å². The number of hydrogen-bond acceptors (Lipinski definition) is 6. The molecule has 0 aliphatic carbocycles. The third kappa shape index (κ3) is 4.71. The zero-order chi connectivity index (χ0) is 24.1. The molecule has 9 heteroatoms. The molecule has 1 N–H and O–H groups in total. The average Bonchev–Trinajstić information content (AvgIpc) is 3.29. The predicted molar refractivity (Wildman–Crippen MR) is 128 cm³/mol. The van der Waals surface area contributed by atoms with Gasteiger partial charge in [-0.15, -0.1) is 0 Å². The van der Waals surface area contributed by atoms with Gasteiger partial charge in [0.25, 0.3) is 5.91 Å². The zero-order valence-electron chi connectivity index (χ0n) is 18.7. The normalized spacial score (nSPS) is 10.5. The minimum Gasteiger partial charge on any atom is -0.453 e. The minimum atomic E-state index is -0.604. The van der Waals surface area contributed by atoms with E-state index in [0.717, 1.165) is 22.5 Å². The van der Waals surface area contributed by atoms with Crippen molar-refractivity contribution in [3.63, 3.8) is 0 Å². The van der Waals surface area contributed by atoms with Crippen LogP contribution >= 0.6 is 0 Å². The first-order valence-electron chi connectivity index (χ1n) is 10.5. The number of nitriles is 1. The van der Waals surface area contributed by atoms with Gasteiger partial charge in [-0.1, -0.05) is 17.7 Å². The smallest absolute Gasteiger partial charge is 0.412 e. The first kappa shape index (κ1) is 22.5. The number of ether oxygens (including phenoxy) is 1. The molecule has 34 heavy (non-hydrogen) atoms. The first-order valence-corrected chi connectivity index (χ1v) is 10.5. The second-order valence-electron chi connectivity index (χ2n) is 7.54. The molecule has 1 aromatic carbocycles. The van der Waals surface area contributed by atoms with Crippen molar-refractivity contribution in [1.82, 2.24) is 14.4 Å². The van der Waals surface area contributed by atoms with Crippen molar-refractivity contribution in [3.05, 3.63) is 78.2 Å². The molecule has 4 aromatic rings. The predicted octanol–water partition coefficient (Wildman–Crippen LogP) is 4.44. The summed E-state index contributed by atoms with van der Waals surface area (Å²) >= 11 is 0. The molecule has 0 fully saturated rings. The zero-order valence-corrected chi connectivity index (χ0v) is 18.7. The SMILES string of the molecule is COC(=O)Nc1ccc(-c2cnc3ccc(C(=O)N(CCC#N)c4ccc(C)cc4)cn23)cn1. The van der Waals surface area contributed by atoms with E-state index >= 15 is 0 Å². The molecule has 0 aliphatic heterocycles. The lowest BCUT2D eigenvalue weighted by Crippen LogP contribution is -2.32. The lowest BCUT2D eigenvalue weighted by atomic mass is 10.1. The summed E-state index contributed by atoms with van der Waals surface area (Å²) in [7, 11) is 1.28. The van der Waals surface area contributed by atoms with Gasteiger partial charge in [0.05, 0.1) is 37.1 Å². The number of imidazole rings is 1. The fourth-order valence-electron chi connectivity index (χ4n) is 3.49. The van der Waals surface area contributed by atoms with Gasteiger partial charge in [0.15, 0.2) is 0 Å². The molecule has 2 amide bonds. The number of methoxy groups -OCH3 is 1. The minimum absolute atomic E-state index is 0.212. The van der Waals surface area contributed by atoms with E-state index in [-0.39, 0.29) is 18.9 Å². The van der Waals surface area contributed by atoms with Gasteiger partial charge in [-0.25, -0.2) is 14.8 Å². The van der Waals surface area contributed by atoms with Crippen LogP contribution in [0.5, 0.6) is 0 Å². The monoisotopic (exact) mass is 454 g/mol. The Labute approximate surface area is 196 Å². The molecule has 9 nitrogen and oxygen atoms in total. The third-order valence-corrected chi connectivity index (χ3v) is 5.27. The van der Waals surface area contributed by atoms with E-state index in [1.54, 1.807) is 47.8 Å². The van der Waals surface area contributed by atoms with Crippen molar-refractivity contribution in [2.45, 2.75) is 13.3 Å². The van der Waals surface area contributed by atoms with Crippen LogP contribution in [0.25, 0.3) is 16.9 Å². The first-order chi connectivity index (χ1) is 16.5. The topological polar surface area (TPSA) is 113 Å². The summed E-state index contributed by atoms with van der Waals surface area (Å²) in [5.74, 6) is 0.142. The van der Waals surface area contributed by atoms with Crippen LogP contribution in [0.3, 0.4) is 0 Å². The molecule has 0 saturated heterocycles. The van der Waals surface area contributed by atoms with Crippen LogP contribution in [0.15, 0.2) is 67.1 Å². The summed E-state index contributed by atoms with van der Waals surface area (Å²) in [4.78, 5) is 35.1. The number of pyridine rings is 2. The summed E-state index contributed by atoms with van der Waals surface area (Å²) in [6.07, 6.45) is 4.65. The Hall–Kier alpha value is -4.71. The molecule has 0 radical (unpaired) electrons. The van der Waals surface area contributed by atoms with Gasteiger partial charge in [0.2, 0.25) is 0 Å². The van der Waals surface area contributed by atoms with Crippen LogP contribution < -0.4 is 10.2 Å². The molecular formula is C25H22N6O3. The summed E-state index contributed by atoms with van der Waals surface area (Å²) in [6, 6.07) is 16.7. The van der Waals surface area contributed by atoms with E-state index in [9.17, 15) is 9.59 Å². The Morgan fingerprint density at radius 1 is 1.09 bits per heavy atom. The van der Waals surface area contributed by atoms with Crippen molar-refractivity contribution >= 4 is 29.2 Å². The fraction of sp³-hybridized carbons (Fsp3) is 0.160. The Balaban J connectivity index is 1.67. The maximum Gasteiger partial charge on any atom is 0.412 e. The van der Waals surface area contributed by atoms with E-state index < -0.39 is 6.09 Å². The Morgan fingerprint density at radius 2 is 1.88 bits per heavy atom. The number of aryl methyl sites for hydroxylation is 1. The van der Waals surface area contributed by atoms with E-state index in [0.29, 0.717) is 17.0 Å². The van der Waals surface area contributed by atoms with E-state index in [1.165, 1.54) is 7.11 Å². The number of amides is 2. The van der Waals surface area contributed by atoms with Crippen LogP contribution in [0.1, 0.15) is 22.3 Å². The maximum absolute atomic E-state index is 13.4. The Kier molecular flexibility index (Phi) is 6.50. The second-order valence-corrected chi connectivity index (χ2v) is 7.54. The van der Waals surface area contributed by atoms with Crippen LogP contribution in [0.4, 0.5) is 16.3 Å². The summed E-state index contributed by atoms with van der Waals surface area (Å²) in [6.45, 7) is 2.26. The molecule has 0 bridgehead atoms. The molecule has 0 atom stereocenters. The molecule has 0 spiro atoms. The summed E-state index contributed by atoms with van der Waals surface area (Å²) in [5, 5.41) is 11.6. The summed E-state index contributed by atoms with van der Waals surface area (Å²) in [5.41, 5.74) is 4.44. The molecule has 0 aliphatic rings. The highest BCUT2D eigenvalue weighted by Gasteiger charge is 2.19. The number of fused-ring (bicyclic) bond motifs is 1. The number of nitrogens with one attached hydrogen (secondary N) is 1. The Morgan fingerprint density at radius 3 is 2.56 bits per heavy atom. The number of rotatable bonds is 6. The van der Waals surface area contributed by atoms with Crippen LogP contribution in [0.2, 0.25) is 0 Å². The van der Waals surface area contributed by atoms with Crippen LogP contribution in [0, 0.1) is 18.3 Å². The molecule has 4 rings (SSSR count). The van der Waals surface area contributed by atoms with Gasteiger partial charge in [-0.3, -0.25) is 14.5 Å². The van der Waals surface area contributed by atoms with Crippen LogP contribution in [-0.2, 0) is 4.74 Å². The number of anilines is 2. The fourth-order valence-corrected chi connectivity index (χ4v) is 3.49. The number of carbonyl (C=O) groups excluding carboxylic acids is 2. The Bertz CT molecular complexity index is 1370. The number of hydrogen-bond donors (Lipinski definition) is 1. The van der Waals surface area contributed by atoms with Gasteiger partial charge < -0.3 is 9.64 Å². The molecule has 0 unspecified atom stereocenters. The van der Waals surface area contributed by atoms with Crippen LogP contribution in [-0.4, -0.2) is 40.0 Å². The largest absolute Gasteiger partial charge is 0.453 e. The van der Waals surface area contributed by atoms with Gasteiger partial charge in [-0.05, 0) is 43.3 Å². The number of aromatic nitrogens is 3. The van der Waals surface area contributed by atoms with Crippen molar-refractivity contribution in [1.29, 1.82) is 5.26 Å². The summed E-state index contributed by atoms with van der Waals surface area (Å²) < 4.78 is 6.39. The highest BCUT2D eigenvalue weighted by atomic mass is 16.5. The van der Waals surface area contributed by atoms with Crippen molar-refractivity contribution < 1.29 is 14.3 Å². The highest BCUT2D eigenvalue weighted by Crippen LogP contribution is 2.24. The van der Waals surface area contributed by atoms with E-state index in [4.69, 9.17) is 5.26 Å². The maximum atomic E-state index is 13.4. The third-order valence-electron chi connectivity index (χ3n) is 5.27. The lowest BCUT2D eigenvalue weighted by Gasteiger charge is -2.22. The van der Waals surface area contributed by atoms with Gasteiger partial charge in [0.1, 0.15) is 11.5 Å².